The second-order valence-corrected chi connectivity index (χ2v) is 9.60. The summed E-state index contributed by atoms with van der Waals surface area (Å²) in [4.78, 5) is 28.8. The summed E-state index contributed by atoms with van der Waals surface area (Å²) in [5.41, 5.74) is 3.83. The van der Waals surface area contributed by atoms with Crippen LogP contribution in [0.1, 0.15) is 43.9 Å². The van der Waals surface area contributed by atoms with Crippen molar-refractivity contribution in [1.29, 1.82) is 0 Å². The Balaban J connectivity index is 1.76. The first kappa shape index (κ1) is 22.2. The number of anilines is 2. The van der Waals surface area contributed by atoms with E-state index in [2.05, 4.69) is 23.2 Å². The van der Waals surface area contributed by atoms with Gasteiger partial charge < -0.3 is 15.1 Å². The molecule has 1 saturated heterocycles. The third kappa shape index (κ3) is 3.43. The molecule has 166 valence electrons. The minimum absolute atomic E-state index is 0.0841. The molecule has 0 aliphatic carbocycles. The van der Waals surface area contributed by atoms with Crippen LogP contribution in [-0.4, -0.2) is 36.9 Å². The predicted octanol–water partition coefficient (Wildman–Crippen LogP) is 4.47. The zero-order valence-electron chi connectivity index (χ0n) is 19.2. The molecule has 0 bridgehead atoms. The summed E-state index contributed by atoms with van der Waals surface area (Å²) in [6.45, 7) is 8.68. The molecule has 1 atom stereocenters. The predicted molar refractivity (Wildman–Crippen MR) is 129 cm³/mol. The number of likely N-dealkylation sites (N-methyl/N-ethyl adjacent to an activating group) is 1. The Labute approximate surface area is 194 Å². The second-order valence-electron chi connectivity index (χ2n) is 9.19. The SMILES string of the molecule is CC#CC(=O)N1CC[C@@](Nc2ccc3c(c2)N(C)C(=O)C3(C)C)(c2cccc(Cl)c2C)C1. The summed E-state index contributed by atoms with van der Waals surface area (Å²) in [5, 5.41) is 4.42. The van der Waals surface area contributed by atoms with E-state index in [0.717, 1.165) is 34.5 Å². The Morgan fingerprint density at radius 2 is 1.94 bits per heavy atom. The zero-order valence-corrected chi connectivity index (χ0v) is 19.9. The quantitative estimate of drug-likeness (QED) is 0.703. The van der Waals surface area contributed by atoms with Gasteiger partial charge in [0.15, 0.2) is 0 Å². The van der Waals surface area contributed by atoms with E-state index in [1.807, 2.05) is 58.2 Å². The smallest absolute Gasteiger partial charge is 0.298 e. The maximum atomic E-state index is 12.7. The van der Waals surface area contributed by atoms with Crippen molar-refractivity contribution in [3.05, 3.63) is 58.1 Å². The van der Waals surface area contributed by atoms with Crippen molar-refractivity contribution in [2.24, 2.45) is 0 Å². The first-order chi connectivity index (χ1) is 15.1. The van der Waals surface area contributed by atoms with Gasteiger partial charge >= 0.3 is 0 Å². The summed E-state index contributed by atoms with van der Waals surface area (Å²) >= 11 is 6.47. The first-order valence-corrected chi connectivity index (χ1v) is 11.2. The molecule has 2 aliphatic rings. The molecule has 2 aromatic carbocycles. The number of carbonyl (C=O) groups excluding carboxylic acids is 2. The van der Waals surface area contributed by atoms with Gasteiger partial charge in [-0.05, 0) is 74.9 Å². The van der Waals surface area contributed by atoms with Crippen LogP contribution in [0.3, 0.4) is 0 Å². The van der Waals surface area contributed by atoms with Crippen molar-refractivity contribution in [2.75, 3.05) is 30.4 Å². The van der Waals surface area contributed by atoms with E-state index in [9.17, 15) is 9.59 Å². The van der Waals surface area contributed by atoms with Crippen LogP contribution in [0.5, 0.6) is 0 Å². The van der Waals surface area contributed by atoms with Gasteiger partial charge in [-0.3, -0.25) is 9.59 Å². The van der Waals surface area contributed by atoms with E-state index >= 15 is 0 Å². The number of rotatable bonds is 3. The molecule has 0 radical (unpaired) electrons. The maximum absolute atomic E-state index is 12.7. The van der Waals surface area contributed by atoms with Crippen molar-refractivity contribution >= 4 is 34.8 Å². The van der Waals surface area contributed by atoms with Crippen molar-refractivity contribution in [1.82, 2.24) is 4.90 Å². The highest BCUT2D eigenvalue weighted by Gasteiger charge is 2.44. The lowest BCUT2D eigenvalue weighted by atomic mass is 9.84. The Bertz CT molecular complexity index is 1180. The van der Waals surface area contributed by atoms with Crippen LogP contribution in [0.2, 0.25) is 5.02 Å². The number of amides is 2. The Hall–Kier alpha value is -2.97. The molecule has 2 aromatic rings. The van der Waals surface area contributed by atoms with E-state index in [1.165, 1.54) is 0 Å². The van der Waals surface area contributed by atoms with Gasteiger partial charge in [0.2, 0.25) is 5.91 Å². The molecule has 2 amide bonds. The van der Waals surface area contributed by atoms with Gasteiger partial charge in [-0.1, -0.05) is 35.7 Å². The molecule has 4 rings (SSSR count). The average Bonchev–Trinajstić information content (AvgIpc) is 3.25. The molecule has 1 fully saturated rings. The molecule has 0 unspecified atom stereocenters. The largest absolute Gasteiger partial charge is 0.374 e. The minimum atomic E-state index is -0.542. The van der Waals surface area contributed by atoms with Crippen LogP contribution in [0.15, 0.2) is 36.4 Å². The highest BCUT2D eigenvalue weighted by molar-refractivity contribution is 6.31. The summed E-state index contributed by atoms with van der Waals surface area (Å²) in [6.07, 6.45) is 0.725. The molecular formula is C26H28ClN3O2. The van der Waals surface area contributed by atoms with Crippen LogP contribution >= 0.6 is 11.6 Å². The molecule has 6 heteroatoms. The van der Waals surface area contributed by atoms with E-state index in [4.69, 9.17) is 11.6 Å². The van der Waals surface area contributed by atoms with Gasteiger partial charge in [0, 0.05) is 36.5 Å². The number of hydrogen-bond acceptors (Lipinski definition) is 3. The van der Waals surface area contributed by atoms with Gasteiger partial charge in [0.05, 0.1) is 11.0 Å². The number of benzene rings is 2. The van der Waals surface area contributed by atoms with Gasteiger partial charge in [0.25, 0.3) is 5.91 Å². The van der Waals surface area contributed by atoms with Crippen molar-refractivity contribution in [2.45, 2.75) is 45.1 Å². The lowest BCUT2D eigenvalue weighted by Gasteiger charge is -2.34. The molecule has 2 aliphatic heterocycles. The van der Waals surface area contributed by atoms with Gasteiger partial charge in [0.1, 0.15) is 0 Å². The number of hydrogen-bond donors (Lipinski definition) is 1. The minimum Gasteiger partial charge on any atom is -0.374 e. The Morgan fingerprint density at radius 1 is 1.19 bits per heavy atom. The number of likely N-dealkylation sites (tertiary alicyclic amines) is 1. The van der Waals surface area contributed by atoms with Crippen LogP contribution in [-0.2, 0) is 20.5 Å². The summed E-state index contributed by atoms with van der Waals surface area (Å²) in [7, 11) is 1.82. The Morgan fingerprint density at radius 3 is 2.66 bits per heavy atom. The number of nitrogens with zero attached hydrogens (tertiary/aromatic N) is 2. The first-order valence-electron chi connectivity index (χ1n) is 10.8. The molecule has 0 saturated carbocycles. The molecule has 5 nitrogen and oxygen atoms in total. The Kier molecular flexibility index (Phi) is 5.46. The lowest BCUT2D eigenvalue weighted by molar-refractivity contribution is -0.124. The van der Waals surface area contributed by atoms with Crippen molar-refractivity contribution in [3.8, 4) is 11.8 Å². The van der Waals surface area contributed by atoms with Crippen molar-refractivity contribution < 1.29 is 9.59 Å². The van der Waals surface area contributed by atoms with E-state index < -0.39 is 11.0 Å². The molecular weight excluding hydrogens is 422 g/mol. The normalized spacial score (nSPS) is 21.2. The fourth-order valence-corrected chi connectivity index (χ4v) is 5.19. The summed E-state index contributed by atoms with van der Waals surface area (Å²) in [5.74, 6) is 5.28. The fraction of sp³-hybridized carbons (Fsp3) is 0.385. The molecule has 1 N–H and O–H groups in total. The average molecular weight is 450 g/mol. The lowest BCUT2D eigenvalue weighted by Crippen LogP contribution is -2.40. The topological polar surface area (TPSA) is 52.7 Å². The third-order valence-electron chi connectivity index (χ3n) is 6.83. The molecule has 2 heterocycles. The third-order valence-corrected chi connectivity index (χ3v) is 7.24. The van der Waals surface area contributed by atoms with E-state index in [1.54, 1.807) is 16.7 Å². The maximum Gasteiger partial charge on any atom is 0.298 e. The highest BCUT2D eigenvalue weighted by atomic mass is 35.5. The van der Waals surface area contributed by atoms with Gasteiger partial charge in [-0.2, -0.15) is 0 Å². The molecule has 32 heavy (non-hydrogen) atoms. The zero-order chi connectivity index (χ0) is 23.3. The second kappa shape index (κ2) is 7.86. The van der Waals surface area contributed by atoms with E-state index in [-0.39, 0.29) is 11.8 Å². The number of carbonyl (C=O) groups is 2. The van der Waals surface area contributed by atoms with Crippen LogP contribution in [0.25, 0.3) is 0 Å². The van der Waals surface area contributed by atoms with Crippen LogP contribution in [0.4, 0.5) is 11.4 Å². The van der Waals surface area contributed by atoms with Gasteiger partial charge in [-0.15, -0.1) is 0 Å². The standard InChI is InChI=1S/C26H28ClN3O2/c1-6-8-23(31)30-14-13-26(16-30,19-9-7-10-21(27)17(19)2)28-18-11-12-20-22(15-18)29(5)24(32)25(20,3)4/h7,9-12,15,28H,13-14,16H2,1-5H3/t26-/m0/s1. The molecule has 0 spiro atoms. The van der Waals surface area contributed by atoms with Crippen LogP contribution in [0, 0.1) is 18.8 Å². The van der Waals surface area contributed by atoms with Gasteiger partial charge in [-0.25, -0.2) is 0 Å². The summed E-state index contributed by atoms with van der Waals surface area (Å²) < 4.78 is 0. The monoisotopic (exact) mass is 449 g/mol. The number of fused-ring (bicyclic) bond motifs is 1. The van der Waals surface area contributed by atoms with Crippen molar-refractivity contribution in [3.63, 3.8) is 0 Å². The fourth-order valence-electron chi connectivity index (χ4n) is 5.02. The van der Waals surface area contributed by atoms with Crippen LogP contribution < -0.4 is 10.2 Å². The molecule has 0 aromatic heterocycles. The highest BCUT2D eigenvalue weighted by Crippen LogP contribution is 2.44. The van der Waals surface area contributed by atoms with E-state index in [0.29, 0.717) is 18.1 Å². The number of nitrogens with one attached hydrogen (secondary N) is 1. The summed E-state index contributed by atoms with van der Waals surface area (Å²) in [6, 6.07) is 12.0. The number of halogens is 1.